The van der Waals surface area contributed by atoms with Crippen LogP contribution in [0.3, 0.4) is 0 Å². The predicted molar refractivity (Wildman–Crippen MR) is 146 cm³/mol. The Morgan fingerprint density at radius 3 is 2.53 bits per heavy atom. The van der Waals surface area contributed by atoms with Gasteiger partial charge in [0.25, 0.3) is 0 Å². The fourth-order valence-corrected chi connectivity index (χ4v) is 4.53. The van der Waals surface area contributed by atoms with Crippen molar-refractivity contribution in [3.63, 3.8) is 0 Å². The highest BCUT2D eigenvalue weighted by Gasteiger charge is 2.31. The van der Waals surface area contributed by atoms with E-state index in [1.54, 1.807) is 0 Å². The molecule has 5 nitrogen and oxygen atoms in total. The molecule has 0 saturated carbocycles. The molecule has 1 aliphatic rings. The lowest BCUT2D eigenvalue weighted by Gasteiger charge is -2.19. The number of nitrogens with two attached hydrogens (primary N) is 1. The Hall–Kier alpha value is -2.89. The summed E-state index contributed by atoms with van der Waals surface area (Å²) in [5.41, 5.74) is 4.07. The molecule has 0 bridgehead atoms. The smallest absolute Gasteiger partial charge is 0.225 e. The van der Waals surface area contributed by atoms with Gasteiger partial charge in [-0.1, -0.05) is 71.9 Å². The van der Waals surface area contributed by atoms with E-state index in [-0.39, 0.29) is 5.92 Å². The molecule has 3 aromatic rings. The average Bonchev–Trinajstić information content (AvgIpc) is 3.33. The molecule has 34 heavy (non-hydrogen) atoms. The van der Waals surface area contributed by atoms with E-state index < -0.39 is 0 Å². The summed E-state index contributed by atoms with van der Waals surface area (Å²) in [6.07, 6.45) is 5.47. The van der Waals surface area contributed by atoms with Gasteiger partial charge in [0.2, 0.25) is 5.96 Å². The zero-order valence-electron chi connectivity index (χ0n) is 18.4. The van der Waals surface area contributed by atoms with Gasteiger partial charge in [-0.15, -0.1) is 6.42 Å². The molecule has 4 rings (SSSR count). The highest BCUT2D eigenvalue weighted by atomic mass is 35.5. The molecule has 0 fully saturated rings. The quantitative estimate of drug-likeness (QED) is 0.148. The highest BCUT2D eigenvalue weighted by molar-refractivity contribution is 7.98. The largest absolute Gasteiger partial charge is 0.295 e. The first kappa shape index (κ1) is 24.2. The first-order chi connectivity index (χ1) is 16.7. The molecule has 0 radical (unpaired) electrons. The summed E-state index contributed by atoms with van der Waals surface area (Å²) in [6.45, 7) is 1.25. The van der Waals surface area contributed by atoms with Crippen molar-refractivity contribution in [3.8, 4) is 12.3 Å². The fourth-order valence-electron chi connectivity index (χ4n) is 3.56. The second-order valence-electron chi connectivity index (χ2n) is 7.49. The van der Waals surface area contributed by atoms with Crippen molar-refractivity contribution in [3.05, 3.63) is 101 Å². The van der Waals surface area contributed by atoms with Gasteiger partial charge in [0, 0.05) is 27.2 Å². The molecule has 1 aliphatic heterocycles. The summed E-state index contributed by atoms with van der Waals surface area (Å²) in [4.78, 5) is 5.79. The maximum atomic E-state index is 6.14. The van der Waals surface area contributed by atoms with Crippen LogP contribution in [0.1, 0.15) is 22.6 Å². The second-order valence-corrected chi connectivity index (χ2v) is 9.54. The minimum Gasteiger partial charge on any atom is -0.295 e. The van der Waals surface area contributed by atoms with Crippen molar-refractivity contribution in [1.29, 1.82) is 0 Å². The number of guanidine groups is 1. The maximum absolute atomic E-state index is 6.14. The van der Waals surface area contributed by atoms with E-state index in [4.69, 9.17) is 33.3 Å². The summed E-state index contributed by atoms with van der Waals surface area (Å²) in [5, 5.41) is 13.3. The summed E-state index contributed by atoms with van der Waals surface area (Å²) in [6, 6.07) is 26.0. The lowest BCUT2D eigenvalue weighted by Crippen LogP contribution is -2.34. The molecule has 0 aromatic heterocycles. The van der Waals surface area contributed by atoms with Crippen LogP contribution in [0.4, 0.5) is 0 Å². The van der Waals surface area contributed by atoms with Crippen LogP contribution in [-0.2, 0) is 0 Å². The van der Waals surface area contributed by atoms with Gasteiger partial charge in [-0.2, -0.15) is 5.10 Å². The fraction of sp³-hybridized carbons (Fsp3) is 0.154. The van der Waals surface area contributed by atoms with Crippen LogP contribution in [0.5, 0.6) is 0 Å². The average molecular weight is 506 g/mol. The van der Waals surface area contributed by atoms with Gasteiger partial charge in [-0.05, 0) is 59.5 Å². The first-order valence-corrected chi connectivity index (χ1v) is 12.9. The van der Waals surface area contributed by atoms with E-state index in [0.29, 0.717) is 24.1 Å². The number of hydrogen-bond acceptors (Lipinski definition) is 5. The van der Waals surface area contributed by atoms with Gasteiger partial charge >= 0.3 is 0 Å². The molecular formula is C26H24ClN5S2. The SMILES string of the molecule is C#Cc1ccc(SNC(=NCCSN)N2CC(c3ccccc3)C(c3ccc(Cl)cc3)=N2)cc1. The number of halogens is 1. The van der Waals surface area contributed by atoms with Crippen LogP contribution in [-0.4, -0.2) is 35.5 Å². The Kier molecular flexibility index (Phi) is 8.56. The van der Waals surface area contributed by atoms with Gasteiger partial charge in [0.05, 0.1) is 18.8 Å². The second kappa shape index (κ2) is 12.0. The summed E-state index contributed by atoms with van der Waals surface area (Å²) < 4.78 is 3.39. The zero-order valence-corrected chi connectivity index (χ0v) is 20.8. The van der Waals surface area contributed by atoms with Gasteiger partial charge in [-0.3, -0.25) is 9.86 Å². The molecule has 0 spiro atoms. The van der Waals surface area contributed by atoms with Crippen molar-refractivity contribution in [2.24, 2.45) is 15.2 Å². The predicted octanol–water partition coefficient (Wildman–Crippen LogP) is 5.38. The summed E-state index contributed by atoms with van der Waals surface area (Å²) in [5.74, 6) is 4.14. The van der Waals surface area contributed by atoms with E-state index >= 15 is 0 Å². The van der Waals surface area contributed by atoms with Crippen LogP contribution >= 0.6 is 35.5 Å². The van der Waals surface area contributed by atoms with Crippen molar-refractivity contribution in [2.45, 2.75) is 10.8 Å². The molecule has 1 heterocycles. The number of nitrogens with one attached hydrogen (secondary N) is 1. The third-order valence-electron chi connectivity index (χ3n) is 5.25. The van der Waals surface area contributed by atoms with Crippen molar-refractivity contribution >= 4 is 47.2 Å². The third-order valence-corrected chi connectivity index (χ3v) is 6.72. The Morgan fingerprint density at radius 1 is 1.12 bits per heavy atom. The number of terminal acetylenes is 1. The number of aliphatic imine (C=N–C) groups is 1. The molecular weight excluding hydrogens is 482 g/mol. The Bertz CT molecular complexity index is 1190. The topological polar surface area (TPSA) is 66.0 Å². The van der Waals surface area contributed by atoms with Crippen LogP contribution in [0.25, 0.3) is 0 Å². The van der Waals surface area contributed by atoms with E-state index in [9.17, 15) is 0 Å². The maximum Gasteiger partial charge on any atom is 0.225 e. The van der Waals surface area contributed by atoms with E-state index in [0.717, 1.165) is 27.5 Å². The van der Waals surface area contributed by atoms with Gasteiger partial charge in [-0.25, -0.2) is 10.0 Å². The molecule has 172 valence electrons. The standard InChI is InChI=1S/C26H24ClN5S2/c1-2-19-8-14-23(15-9-19)34-31-26(29-16-17-33-28)32-18-24(20-6-4-3-5-7-20)25(30-32)21-10-12-22(27)13-11-21/h1,3-15,24H,16-18,28H2,(H,29,31). The molecule has 3 N–H and O–H groups in total. The minimum atomic E-state index is 0.0955. The summed E-state index contributed by atoms with van der Waals surface area (Å²) >= 11 is 8.88. The van der Waals surface area contributed by atoms with Crippen molar-refractivity contribution in [1.82, 2.24) is 9.73 Å². The summed E-state index contributed by atoms with van der Waals surface area (Å²) in [7, 11) is 0. The van der Waals surface area contributed by atoms with E-state index in [2.05, 4.69) is 34.9 Å². The van der Waals surface area contributed by atoms with Gasteiger partial charge in [0.1, 0.15) is 0 Å². The van der Waals surface area contributed by atoms with Crippen LogP contribution < -0.4 is 9.86 Å². The number of hydrazone groups is 1. The first-order valence-electron chi connectivity index (χ1n) is 10.7. The highest BCUT2D eigenvalue weighted by Crippen LogP contribution is 2.30. The number of hydrogen-bond donors (Lipinski definition) is 2. The van der Waals surface area contributed by atoms with E-state index in [1.807, 2.05) is 59.6 Å². The minimum absolute atomic E-state index is 0.0955. The molecule has 1 unspecified atom stereocenters. The Morgan fingerprint density at radius 2 is 1.85 bits per heavy atom. The van der Waals surface area contributed by atoms with E-state index in [1.165, 1.54) is 29.5 Å². The molecule has 0 aliphatic carbocycles. The third kappa shape index (κ3) is 6.16. The van der Waals surface area contributed by atoms with Gasteiger partial charge < -0.3 is 0 Å². The normalized spacial score (nSPS) is 15.7. The van der Waals surface area contributed by atoms with Crippen molar-refractivity contribution < 1.29 is 0 Å². The molecule has 3 aromatic carbocycles. The molecule has 1 atom stereocenters. The lowest BCUT2D eigenvalue weighted by atomic mass is 9.91. The van der Waals surface area contributed by atoms with Gasteiger partial charge in [0.15, 0.2) is 0 Å². The number of nitrogens with zero attached hydrogens (tertiary/aromatic N) is 3. The Balaban J connectivity index is 1.61. The zero-order chi connectivity index (χ0) is 23.8. The van der Waals surface area contributed by atoms with Crippen LogP contribution in [0.2, 0.25) is 5.02 Å². The van der Waals surface area contributed by atoms with Crippen LogP contribution in [0, 0.1) is 12.3 Å². The number of benzene rings is 3. The molecule has 0 amide bonds. The van der Waals surface area contributed by atoms with Crippen LogP contribution in [0.15, 0.2) is 93.9 Å². The Labute approximate surface area is 214 Å². The molecule has 8 heteroatoms. The van der Waals surface area contributed by atoms with Crippen molar-refractivity contribution in [2.75, 3.05) is 18.8 Å². The number of rotatable bonds is 7. The lowest BCUT2D eigenvalue weighted by molar-refractivity contribution is 0.464. The molecule has 0 saturated heterocycles. The monoisotopic (exact) mass is 505 g/mol.